The lowest BCUT2D eigenvalue weighted by Crippen LogP contribution is -2.11. The molecule has 3 heterocycles. The normalized spacial score (nSPS) is 12.5. The Balaban J connectivity index is 1.25. The van der Waals surface area contributed by atoms with Gasteiger partial charge in [-0.15, -0.1) is 0 Å². The van der Waals surface area contributed by atoms with E-state index in [0.717, 1.165) is 82.8 Å². The first-order valence-corrected chi connectivity index (χ1v) is 23.1. The maximum Gasteiger partial charge on any atom is 0.416 e. The SMILES string of the molecule is CC(C)(C)c1ccc2c(c1)c1ccccc1n2-c1cc(-c2cc(-c3ccccc3)nc(-c3ccccc3)n2)ccc1-c1ccc(C(F)(F)F)cc1-n1c2ccccc2c2cc(C(C)(C)C)ccc21. The first-order valence-electron chi connectivity index (χ1n) is 23.1. The van der Waals surface area contributed by atoms with Crippen molar-refractivity contribution >= 4 is 43.6 Å². The van der Waals surface area contributed by atoms with E-state index >= 15 is 13.2 Å². The predicted molar refractivity (Wildman–Crippen MR) is 275 cm³/mol. The summed E-state index contributed by atoms with van der Waals surface area (Å²) in [6.07, 6.45) is -4.59. The Hall–Kier alpha value is -7.77. The van der Waals surface area contributed by atoms with E-state index in [9.17, 15) is 0 Å². The number of rotatable bonds is 6. The minimum absolute atomic E-state index is 0.104. The van der Waals surface area contributed by atoms with Gasteiger partial charge in [0.05, 0.1) is 50.4 Å². The molecule has 0 unspecified atom stereocenters. The number of alkyl halides is 3. The molecule has 0 aliphatic carbocycles. The number of hydrogen-bond acceptors (Lipinski definition) is 2. The summed E-state index contributed by atoms with van der Waals surface area (Å²) in [4.78, 5) is 10.3. The van der Waals surface area contributed by atoms with Crippen molar-refractivity contribution in [3.63, 3.8) is 0 Å². The lowest BCUT2D eigenvalue weighted by molar-refractivity contribution is -0.137. The van der Waals surface area contributed by atoms with Crippen LogP contribution in [0.5, 0.6) is 0 Å². The molecular formula is C61H49F3N4. The number of aromatic nitrogens is 4. The van der Waals surface area contributed by atoms with Crippen LogP contribution in [-0.2, 0) is 17.0 Å². The van der Waals surface area contributed by atoms with E-state index in [4.69, 9.17) is 9.97 Å². The van der Waals surface area contributed by atoms with Crippen LogP contribution in [0, 0.1) is 0 Å². The van der Waals surface area contributed by atoms with Crippen molar-refractivity contribution in [2.24, 2.45) is 0 Å². The van der Waals surface area contributed by atoms with Crippen LogP contribution >= 0.6 is 0 Å². The Morgan fingerprint density at radius 2 is 0.779 bits per heavy atom. The molecule has 0 amide bonds. The molecule has 0 N–H and O–H groups in total. The fraction of sp³-hybridized carbons (Fsp3) is 0.148. The van der Waals surface area contributed by atoms with E-state index in [-0.39, 0.29) is 10.8 Å². The second-order valence-electron chi connectivity index (χ2n) is 19.8. The van der Waals surface area contributed by atoms with Crippen LogP contribution in [0.15, 0.2) is 188 Å². The fourth-order valence-electron chi connectivity index (χ4n) is 9.69. The smallest absolute Gasteiger partial charge is 0.309 e. The lowest BCUT2D eigenvalue weighted by Gasteiger charge is -2.22. The van der Waals surface area contributed by atoms with Gasteiger partial charge < -0.3 is 9.13 Å². The second kappa shape index (κ2) is 15.9. The highest BCUT2D eigenvalue weighted by molar-refractivity contribution is 6.12. The summed E-state index contributed by atoms with van der Waals surface area (Å²) in [5.74, 6) is 0.588. The molecule has 3 aromatic heterocycles. The van der Waals surface area contributed by atoms with Gasteiger partial charge in [0.25, 0.3) is 0 Å². The second-order valence-corrected chi connectivity index (χ2v) is 19.8. The van der Waals surface area contributed by atoms with Gasteiger partial charge in [0.1, 0.15) is 0 Å². The van der Waals surface area contributed by atoms with E-state index in [2.05, 4.69) is 119 Å². The number of hydrogen-bond donors (Lipinski definition) is 0. The van der Waals surface area contributed by atoms with Gasteiger partial charge in [0.2, 0.25) is 0 Å². The zero-order valence-corrected chi connectivity index (χ0v) is 38.8. The summed E-state index contributed by atoms with van der Waals surface area (Å²) in [5.41, 5.74) is 11.8. The molecule has 11 rings (SSSR count). The maximum absolute atomic E-state index is 15.0. The average molecular weight is 895 g/mol. The van der Waals surface area contributed by atoms with Crippen molar-refractivity contribution in [1.82, 2.24) is 19.1 Å². The van der Waals surface area contributed by atoms with Crippen molar-refractivity contribution in [1.29, 1.82) is 0 Å². The highest BCUT2D eigenvalue weighted by Crippen LogP contribution is 2.45. The first kappa shape index (κ1) is 42.8. The van der Waals surface area contributed by atoms with Crippen LogP contribution in [0.4, 0.5) is 13.2 Å². The van der Waals surface area contributed by atoms with Gasteiger partial charge in [-0.1, -0.05) is 169 Å². The highest BCUT2D eigenvalue weighted by atomic mass is 19.4. The maximum atomic E-state index is 15.0. The van der Waals surface area contributed by atoms with Crippen molar-refractivity contribution in [2.45, 2.75) is 58.5 Å². The number of halogens is 3. The van der Waals surface area contributed by atoms with Crippen LogP contribution in [0.2, 0.25) is 0 Å². The number of fused-ring (bicyclic) bond motifs is 6. The Morgan fingerprint density at radius 1 is 0.353 bits per heavy atom. The molecule has 0 bridgehead atoms. The molecule has 0 spiro atoms. The quantitative estimate of drug-likeness (QED) is 0.167. The Kier molecular flexibility index (Phi) is 10.0. The standard InChI is InChI=1S/C61H49F3N4/c1-59(2,3)41-27-31-54-48(34-41)44-21-13-15-23-52(44)67(54)56-33-40(51-37-50(38-17-9-7-10-18-38)65-58(66-51)39-19-11-8-12-20-39)25-29-46(56)47-30-26-43(61(62,63)64)36-57(47)68-53-24-16-14-22-45(53)49-35-42(60(4,5)6)28-32-55(49)68/h7-37H,1-6H3. The van der Waals surface area contributed by atoms with Crippen LogP contribution < -0.4 is 0 Å². The minimum atomic E-state index is -4.59. The summed E-state index contributed by atoms with van der Waals surface area (Å²) in [5, 5.41) is 4.12. The molecule has 0 radical (unpaired) electrons. The van der Waals surface area contributed by atoms with Crippen LogP contribution in [0.25, 0.3) is 100 Å². The molecule has 7 heteroatoms. The van der Waals surface area contributed by atoms with E-state index in [1.807, 2.05) is 102 Å². The van der Waals surface area contributed by atoms with Gasteiger partial charge >= 0.3 is 6.18 Å². The Labute approximate surface area is 394 Å². The van der Waals surface area contributed by atoms with E-state index in [1.54, 1.807) is 6.07 Å². The molecule has 0 aliphatic heterocycles. The van der Waals surface area contributed by atoms with Gasteiger partial charge in [-0.05, 0) is 82.6 Å². The Bertz CT molecular complexity index is 3680. The number of nitrogens with zero attached hydrogens (tertiary/aromatic N) is 4. The zero-order chi connectivity index (χ0) is 47.1. The van der Waals surface area contributed by atoms with Gasteiger partial charge in [-0.3, -0.25) is 0 Å². The van der Waals surface area contributed by atoms with Crippen molar-refractivity contribution in [2.75, 3.05) is 0 Å². The molecule has 68 heavy (non-hydrogen) atoms. The fourth-order valence-corrected chi connectivity index (χ4v) is 9.69. The predicted octanol–water partition coefficient (Wildman–Crippen LogP) is 17.0. The molecule has 0 saturated carbocycles. The third kappa shape index (κ3) is 7.43. The van der Waals surface area contributed by atoms with Crippen LogP contribution in [-0.4, -0.2) is 19.1 Å². The summed E-state index contributed by atoms with van der Waals surface area (Å²) < 4.78 is 49.4. The summed E-state index contributed by atoms with van der Waals surface area (Å²) in [6.45, 7) is 13.2. The molecular weight excluding hydrogens is 846 g/mol. The molecule has 0 atom stereocenters. The molecule has 0 saturated heterocycles. The lowest BCUT2D eigenvalue weighted by atomic mass is 9.86. The van der Waals surface area contributed by atoms with Gasteiger partial charge in [0.15, 0.2) is 5.82 Å². The molecule has 11 aromatic rings. The molecule has 334 valence electrons. The third-order valence-electron chi connectivity index (χ3n) is 13.3. The molecule has 0 aliphatic rings. The van der Waals surface area contributed by atoms with E-state index in [0.29, 0.717) is 22.8 Å². The van der Waals surface area contributed by atoms with E-state index < -0.39 is 11.7 Å². The largest absolute Gasteiger partial charge is 0.416 e. The Morgan fingerprint density at radius 3 is 1.29 bits per heavy atom. The van der Waals surface area contributed by atoms with Crippen molar-refractivity contribution in [3.8, 4) is 56.4 Å². The van der Waals surface area contributed by atoms with Crippen LogP contribution in [0.1, 0.15) is 58.2 Å². The molecule has 8 aromatic carbocycles. The monoisotopic (exact) mass is 894 g/mol. The first-order chi connectivity index (χ1) is 32.6. The molecule has 0 fully saturated rings. The third-order valence-corrected chi connectivity index (χ3v) is 13.3. The van der Waals surface area contributed by atoms with Gasteiger partial charge in [-0.25, -0.2) is 9.97 Å². The zero-order valence-electron chi connectivity index (χ0n) is 38.8. The summed E-state index contributed by atoms with van der Waals surface area (Å²) in [7, 11) is 0. The van der Waals surface area contributed by atoms with E-state index in [1.165, 1.54) is 17.7 Å². The topological polar surface area (TPSA) is 35.6 Å². The van der Waals surface area contributed by atoms with Crippen molar-refractivity contribution < 1.29 is 13.2 Å². The van der Waals surface area contributed by atoms with Gasteiger partial charge in [0, 0.05) is 49.4 Å². The number of benzene rings is 8. The minimum Gasteiger partial charge on any atom is -0.309 e. The summed E-state index contributed by atoms with van der Waals surface area (Å²) in [6, 6.07) is 61.9. The van der Waals surface area contributed by atoms with Gasteiger partial charge in [-0.2, -0.15) is 13.2 Å². The number of para-hydroxylation sites is 2. The highest BCUT2D eigenvalue weighted by Gasteiger charge is 2.33. The summed E-state index contributed by atoms with van der Waals surface area (Å²) >= 11 is 0. The molecule has 4 nitrogen and oxygen atoms in total. The van der Waals surface area contributed by atoms with Crippen LogP contribution in [0.3, 0.4) is 0 Å². The van der Waals surface area contributed by atoms with Crippen molar-refractivity contribution in [3.05, 3.63) is 205 Å². The average Bonchev–Trinajstić information content (AvgIpc) is 3.85.